The number of nitrogens with two attached hydrogens (primary N) is 1. The lowest BCUT2D eigenvalue weighted by Gasteiger charge is -2.11. The van der Waals surface area contributed by atoms with E-state index in [4.69, 9.17) is 33.7 Å². The lowest BCUT2D eigenvalue weighted by Crippen LogP contribution is -2.06. The zero-order chi connectivity index (χ0) is 14.7. The van der Waals surface area contributed by atoms with Gasteiger partial charge in [-0.05, 0) is 30.7 Å². The summed E-state index contributed by atoms with van der Waals surface area (Å²) in [5.41, 5.74) is 7.12. The molecule has 0 amide bonds. The van der Waals surface area contributed by atoms with Gasteiger partial charge in [0.1, 0.15) is 6.61 Å². The quantitative estimate of drug-likeness (QED) is 0.885. The third-order valence-corrected chi connectivity index (χ3v) is 3.75. The lowest BCUT2D eigenvalue weighted by atomic mass is 10.1. The Morgan fingerprint density at radius 3 is 2.65 bits per heavy atom. The van der Waals surface area contributed by atoms with Crippen molar-refractivity contribution in [1.29, 1.82) is 0 Å². The Hall–Kier alpha value is -1.29. The summed E-state index contributed by atoms with van der Waals surface area (Å²) in [6, 6.07) is 9.69. The van der Waals surface area contributed by atoms with Crippen molar-refractivity contribution in [3.63, 3.8) is 0 Å². The largest absolute Gasteiger partial charge is 0.486 e. The summed E-state index contributed by atoms with van der Waals surface area (Å²) in [7, 11) is 0. The molecule has 106 valence electrons. The van der Waals surface area contributed by atoms with Crippen molar-refractivity contribution >= 4 is 23.2 Å². The second kappa shape index (κ2) is 6.44. The minimum atomic E-state index is -0.446. The smallest absolute Gasteiger partial charge is 0.165 e. The zero-order valence-electron chi connectivity index (χ0n) is 10.9. The molecule has 0 aliphatic heterocycles. The van der Waals surface area contributed by atoms with E-state index in [2.05, 4.69) is 0 Å². The van der Waals surface area contributed by atoms with Crippen LogP contribution in [0.2, 0.25) is 10.0 Å². The van der Waals surface area contributed by atoms with Crippen LogP contribution in [-0.4, -0.2) is 0 Å². The van der Waals surface area contributed by atoms with Gasteiger partial charge in [-0.3, -0.25) is 0 Å². The van der Waals surface area contributed by atoms with Crippen molar-refractivity contribution in [3.05, 3.63) is 63.4 Å². The molecule has 2 aromatic carbocycles. The molecule has 2 nitrogen and oxygen atoms in total. The van der Waals surface area contributed by atoms with Crippen molar-refractivity contribution in [2.24, 2.45) is 5.73 Å². The van der Waals surface area contributed by atoms with Gasteiger partial charge in [0.05, 0.1) is 10.0 Å². The van der Waals surface area contributed by atoms with Crippen LogP contribution in [0, 0.1) is 5.82 Å². The maximum Gasteiger partial charge on any atom is 0.165 e. The molecule has 0 aliphatic carbocycles. The third-order valence-electron chi connectivity index (χ3n) is 2.90. The van der Waals surface area contributed by atoms with E-state index in [0.29, 0.717) is 15.6 Å². The summed E-state index contributed by atoms with van der Waals surface area (Å²) in [4.78, 5) is 0. The molecule has 0 heterocycles. The van der Waals surface area contributed by atoms with Crippen LogP contribution in [0.15, 0.2) is 36.4 Å². The van der Waals surface area contributed by atoms with Crippen LogP contribution in [0.1, 0.15) is 24.1 Å². The number of ether oxygens (including phenoxy) is 1. The fourth-order valence-electron chi connectivity index (χ4n) is 1.73. The Kier molecular flexibility index (Phi) is 4.86. The average molecular weight is 314 g/mol. The van der Waals surface area contributed by atoms with E-state index in [1.165, 1.54) is 6.07 Å². The van der Waals surface area contributed by atoms with Gasteiger partial charge in [0.15, 0.2) is 11.6 Å². The van der Waals surface area contributed by atoms with Gasteiger partial charge >= 0.3 is 0 Å². The van der Waals surface area contributed by atoms with Gasteiger partial charge in [0.25, 0.3) is 0 Å². The molecule has 2 aromatic rings. The predicted octanol–water partition coefficient (Wildman–Crippen LogP) is 4.73. The molecule has 20 heavy (non-hydrogen) atoms. The van der Waals surface area contributed by atoms with Gasteiger partial charge < -0.3 is 10.5 Å². The van der Waals surface area contributed by atoms with Crippen LogP contribution in [0.25, 0.3) is 0 Å². The Balaban J connectivity index is 2.13. The van der Waals surface area contributed by atoms with Gasteiger partial charge in [0.2, 0.25) is 0 Å². The summed E-state index contributed by atoms with van der Waals surface area (Å²) in [5.74, 6) is -0.289. The molecule has 1 atom stereocenters. The van der Waals surface area contributed by atoms with Gasteiger partial charge in [0, 0.05) is 11.6 Å². The normalized spacial score (nSPS) is 12.2. The third kappa shape index (κ3) is 3.42. The maximum atomic E-state index is 13.9. The number of benzene rings is 2. The molecule has 0 fully saturated rings. The minimum absolute atomic E-state index is 0.147. The topological polar surface area (TPSA) is 35.2 Å². The Morgan fingerprint density at radius 1 is 1.25 bits per heavy atom. The van der Waals surface area contributed by atoms with Crippen molar-refractivity contribution in [3.8, 4) is 5.75 Å². The van der Waals surface area contributed by atoms with Gasteiger partial charge in [-0.15, -0.1) is 0 Å². The highest BCUT2D eigenvalue weighted by molar-refractivity contribution is 6.42. The molecule has 0 aromatic heterocycles. The Labute approximate surface area is 127 Å². The summed E-state index contributed by atoms with van der Waals surface area (Å²) in [5, 5.41) is 0.863. The van der Waals surface area contributed by atoms with Gasteiger partial charge in [-0.25, -0.2) is 4.39 Å². The fraction of sp³-hybridized carbons (Fsp3) is 0.200. The van der Waals surface area contributed by atoms with Crippen LogP contribution >= 0.6 is 23.2 Å². The lowest BCUT2D eigenvalue weighted by molar-refractivity contribution is 0.290. The second-order valence-electron chi connectivity index (χ2n) is 4.48. The van der Waals surface area contributed by atoms with Gasteiger partial charge in [-0.1, -0.05) is 41.4 Å². The molecule has 0 aliphatic rings. The number of hydrogen-bond donors (Lipinski definition) is 1. The average Bonchev–Trinajstić information content (AvgIpc) is 2.41. The molecular formula is C15H14Cl2FNO. The number of rotatable bonds is 4. The first kappa shape index (κ1) is 15.1. The van der Waals surface area contributed by atoms with Crippen LogP contribution in [0.4, 0.5) is 4.39 Å². The highest BCUT2D eigenvalue weighted by atomic mass is 35.5. The fourth-order valence-corrected chi connectivity index (χ4v) is 2.11. The standard InChI is InChI=1S/C15H14Cl2FNO/c1-9(19)10-5-6-14(13(18)7-10)20-8-11-3-2-4-12(16)15(11)17/h2-7,9H,8,19H2,1H3/t9-/m1/s1. The van der Waals surface area contributed by atoms with Gasteiger partial charge in [-0.2, -0.15) is 0 Å². The van der Waals surface area contributed by atoms with Crippen LogP contribution in [0.5, 0.6) is 5.75 Å². The van der Waals surface area contributed by atoms with Crippen LogP contribution in [-0.2, 0) is 6.61 Å². The monoisotopic (exact) mass is 313 g/mol. The summed E-state index contributed by atoms with van der Waals surface area (Å²) < 4.78 is 19.3. The Bertz CT molecular complexity index is 617. The van der Waals surface area contributed by atoms with Crippen molar-refractivity contribution in [2.75, 3.05) is 0 Å². The summed E-state index contributed by atoms with van der Waals surface area (Å²) in [6.07, 6.45) is 0. The molecule has 5 heteroatoms. The maximum absolute atomic E-state index is 13.9. The van der Waals surface area contributed by atoms with E-state index in [1.807, 2.05) is 0 Å². The first-order chi connectivity index (χ1) is 9.49. The van der Waals surface area contributed by atoms with Crippen LogP contribution in [0.3, 0.4) is 0 Å². The van der Waals surface area contributed by atoms with E-state index in [1.54, 1.807) is 37.3 Å². The van der Waals surface area contributed by atoms with Crippen molar-refractivity contribution in [2.45, 2.75) is 19.6 Å². The number of halogens is 3. The molecule has 2 N–H and O–H groups in total. The van der Waals surface area contributed by atoms with E-state index in [9.17, 15) is 4.39 Å². The van der Waals surface area contributed by atoms with E-state index >= 15 is 0 Å². The predicted molar refractivity (Wildman–Crippen MR) is 79.8 cm³/mol. The minimum Gasteiger partial charge on any atom is -0.486 e. The first-order valence-corrected chi connectivity index (χ1v) is 6.85. The molecular weight excluding hydrogens is 300 g/mol. The molecule has 0 saturated heterocycles. The van der Waals surface area contributed by atoms with E-state index in [-0.39, 0.29) is 18.4 Å². The van der Waals surface area contributed by atoms with Crippen molar-refractivity contribution < 1.29 is 9.13 Å². The molecule has 0 unspecified atom stereocenters. The summed E-state index contributed by atoms with van der Waals surface area (Å²) in [6.45, 7) is 1.94. The highest BCUT2D eigenvalue weighted by Gasteiger charge is 2.09. The second-order valence-corrected chi connectivity index (χ2v) is 5.27. The van der Waals surface area contributed by atoms with Crippen molar-refractivity contribution in [1.82, 2.24) is 0 Å². The van der Waals surface area contributed by atoms with E-state index < -0.39 is 5.82 Å². The zero-order valence-corrected chi connectivity index (χ0v) is 12.4. The van der Waals surface area contributed by atoms with Crippen LogP contribution < -0.4 is 10.5 Å². The first-order valence-electron chi connectivity index (χ1n) is 6.09. The summed E-state index contributed by atoms with van der Waals surface area (Å²) >= 11 is 12.0. The Morgan fingerprint density at radius 2 is 2.00 bits per heavy atom. The molecule has 0 saturated carbocycles. The molecule has 0 bridgehead atoms. The molecule has 2 rings (SSSR count). The molecule has 0 radical (unpaired) electrons. The highest BCUT2D eigenvalue weighted by Crippen LogP contribution is 2.27. The molecule has 0 spiro atoms. The number of hydrogen-bond acceptors (Lipinski definition) is 2. The van der Waals surface area contributed by atoms with E-state index in [0.717, 1.165) is 5.56 Å². The SMILES string of the molecule is C[C@@H](N)c1ccc(OCc2cccc(Cl)c2Cl)c(F)c1.